The summed E-state index contributed by atoms with van der Waals surface area (Å²) in [5.41, 5.74) is -0.339. The molecule has 0 radical (unpaired) electrons. The largest absolute Gasteiger partial charge is 0.488 e. The van der Waals surface area contributed by atoms with Crippen molar-refractivity contribution in [1.82, 2.24) is 0 Å². The van der Waals surface area contributed by atoms with Crippen molar-refractivity contribution in [2.24, 2.45) is 0 Å². The number of hydrogen-bond donors (Lipinski definition) is 2. The van der Waals surface area contributed by atoms with Crippen LogP contribution in [0.15, 0.2) is 12.1 Å². The molecule has 12 heteroatoms. The van der Waals surface area contributed by atoms with Gasteiger partial charge in [0.15, 0.2) is 0 Å². The van der Waals surface area contributed by atoms with E-state index in [1.165, 1.54) is 6.92 Å². The smallest absolute Gasteiger partial charge is 0.423 e. The number of rotatable bonds is 5. The minimum atomic E-state index is -5.35. The summed E-state index contributed by atoms with van der Waals surface area (Å²) in [6, 6.07) is 1.94. The summed E-state index contributed by atoms with van der Waals surface area (Å²) in [4.78, 5) is 0. The second-order valence-corrected chi connectivity index (χ2v) is 7.57. The lowest BCUT2D eigenvalue weighted by Gasteiger charge is -2.12. The summed E-state index contributed by atoms with van der Waals surface area (Å²) in [7, 11) is -6.30. The molecule has 0 aromatic heterocycles. The second-order valence-electron chi connectivity index (χ2n) is 3.84. The van der Waals surface area contributed by atoms with Gasteiger partial charge in [0.25, 0.3) is 0 Å². The molecule has 2 N–H and O–H groups in total. The Hall–Kier alpha value is -0.875. The maximum Gasteiger partial charge on any atom is 0.488 e. The van der Waals surface area contributed by atoms with Crippen LogP contribution in [0.3, 0.4) is 0 Å². The zero-order valence-electron chi connectivity index (χ0n) is 9.95. The Morgan fingerprint density at radius 3 is 2.25 bits per heavy atom. The van der Waals surface area contributed by atoms with Crippen LogP contribution >= 0.6 is 10.7 Å². The molecule has 0 heterocycles. The van der Waals surface area contributed by atoms with E-state index in [4.69, 9.17) is 20.7 Å². The van der Waals surface area contributed by atoms with Crippen LogP contribution in [-0.4, -0.2) is 34.0 Å². The van der Waals surface area contributed by atoms with Gasteiger partial charge in [-0.15, -0.1) is 0 Å². The number of hydrogen-bond acceptors (Lipinski definition) is 7. The van der Waals surface area contributed by atoms with Gasteiger partial charge in [-0.3, -0.25) is 0 Å². The average Bonchev–Trinajstić information content (AvgIpc) is 2.19. The van der Waals surface area contributed by atoms with E-state index in [1.54, 1.807) is 0 Å². The quantitative estimate of drug-likeness (QED) is 0.536. The molecule has 0 aliphatic carbocycles. The molecule has 0 aliphatic heterocycles. The zero-order chi connectivity index (χ0) is 15.7. The summed E-state index contributed by atoms with van der Waals surface area (Å²) in [5.74, 6) is -1.28. The molecule has 1 aromatic rings. The molecule has 0 atom stereocenters. The fourth-order valence-corrected chi connectivity index (χ4v) is 2.86. The zero-order valence-corrected chi connectivity index (χ0v) is 12.3. The Labute approximate surface area is 119 Å². The normalized spacial score (nSPS) is 12.2. The lowest BCUT2D eigenvalue weighted by Crippen LogP contribution is -2.31. The van der Waals surface area contributed by atoms with Crippen LogP contribution in [-0.2, 0) is 25.3 Å². The molecule has 7 nitrogen and oxygen atoms in total. The van der Waals surface area contributed by atoms with E-state index >= 15 is 0 Å². The van der Waals surface area contributed by atoms with Crippen molar-refractivity contribution in [2.45, 2.75) is 12.7 Å². The van der Waals surface area contributed by atoms with Gasteiger partial charge in [0, 0.05) is 10.7 Å². The Balaban J connectivity index is 3.44. The molecule has 0 bridgehead atoms. The number of halogens is 2. The number of benzene rings is 1. The van der Waals surface area contributed by atoms with E-state index in [1.807, 2.05) is 0 Å². The minimum Gasteiger partial charge on any atom is -0.423 e. The van der Waals surface area contributed by atoms with E-state index in [-0.39, 0.29) is 16.6 Å². The third-order valence-electron chi connectivity index (χ3n) is 2.31. The highest BCUT2D eigenvalue weighted by molar-refractivity contribution is 8.13. The van der Waals surface area contributed by atoms with Crippen LogP contribution in [0.25, 0.3) is 0 Å². The maximum atomic E-state index is 12.5. The van der Waals surface area contributed by atoms with Crippen molar-refractivity contribution in [3.8, 4) is 5.75 Å². The van der Waals surface area contributed by atoms with Gasteiger partial charge >= 0.3 is 17.6 Å². The standard InChI is InChI=1S/C8H9BClFO7S2/c1-5-6(4-19(10,14)15)2-7(9(12)13)3-8(5)18-20(11,16)17/h2-3,12-13H,4H2,1H3. The second kappa shape index (κ2) is 5.86. The van der Waals surface area contributed by atoms with E-state index in [0.717, 1.165) is 12.1 Å². The highest BCUT2D eigenvalue weighted by atomic mass is 35.7. The third-order valence-corrected chi connectivity index (χ3v) is 3.67. The van der Waals surface area contributed by atoms with Gasteiger partial charge in [0.05, 0.1) is 5.75 Å². The molecule has 0 unspecified atom stereocenters. The van der Waals surface area contributed by atoms with Gasteiger partial charge in [-0.2, -0.15) is 8.42 Å². The Kier molecular flexibility index (Phi) is 5.03. The fourth-order valence-electron chi connectivity index (χ4n) is 1.45. The summed E-state index contributed by atoms with van der Waals surface area (Å²) >= 11 is 0. The van der Waals surface area contributed by atoms with Crippen LogP contribution in [0.1, 0.15) is 11.1 Å². The van der Waals surface area contributed by atoms with Gasteiger partial charge in [0.1, 0.15) is 5.75 Å². The molecule has 112 valence electrons. The van der Waals surface area contributed by atoms with Crippen LogP contribution in [0.5, 0.6) is 5.75 Å². The van der Waals surface area contributed by atoms with Crippen molar-refractivity contribution >= 4 is 42.8 Å². The molecule has 0 amide bonds. The van der Waals surface area contributed by atoms with E-state index in [9.17, 15) is 20.7 Å². The Morgan fingerprint density at radius 1 is 1.30 bits per heavy atom. The van der Waals surface area contributed by atoms with E-state index in [0.29, 0.717) is 0 Å². The lowest BCUT2D eigenvalue weighted by molar-refractivity contribution is 0.423. The van der Waals surface area contributed by atoms with Gasteiger partial charge < -0.3 is 14.2 Å². The highest BCUT2D eigenvalue weighted by Gasteiger charge is 2.22. The molecule has 0 spiro atoms. The van der Waals surface area contributed by atoms with Gasteiger partial charge in [0.2, 0.25) is 9.05 Å². The molecule has 20 heavy (non-hydrogen) atoms. The molecule has 0 saturated carbocycles. The fraction of sp³-hybridized carbons (Fsp3) is 0.250. The first-order chi connectivity index (χ1) is 8.89. The van der Waals surface area contributed by atoms with E-state index in [2.05, 4.69) is 4.18 Å². The first-order valence-corrected chi connectivity index (χ1v) is 8.74. The van der Waals surface area contributed by atoms with Crippen molar-refractivity contribution in [1.29, 1.82) is 0 Å². The van der Waals surface area contributed by atoms with Crippen LogP contribution < -0.4 is 9.65 Å². The Morgan fingerprint density at radius 2 is 1.85 bits per heavy atom. The van der Waals surface area contributed by atoms with Gasteiger partial charge in [-0.1, -0.05) is 9.95 Å². The van der Waals surface area contributed by atoms with Crippen LogP contribution in [0.4, 0.5) is 3.89 Å². The predicted molar refractivity (Wildman–Crippen MR) is 70.1 cm³/mol. The summed E-state index contributed by atoms with van der Waals surface area (Å²) in [5, 5.41) is 18.1. The van der Waals surface area contributed by atoms with E-state index < -0.39 is 38.2 Å². The third kappa shape index (κ3) is 5.25. The molecule has 1 rings (SSSR count). The summed E-state index contributed by atoms with van der Waals surface area (Å²) in [6.07, 6.45) is 0. The molecular weight excluding hydrogens is 337 g/mol. The van der Waals surface area contributed by atoms with Gasteiger partial charge in [-0.25, -0.2) is 8.42 Å². The molecule has 0 aliphatic rings. The monoisotopic (exact) mass is 346 g/mol. The predicted octanol–water partition coefficient (Wildman–Crippen LogP) is -0.663. The molecular formula is C8H9BClFO7S2. The van der Waals surface area contributed by atoms with Crippen molar-refractivity contribution < 1.29 is 35.0 Å². The van der Waals surface area contributed by atoms with Crippen molar-refractivity contribution in [2.75, 3.05) is 0 Å². The SMILES string of the molecule is Cc1c(CS(=O)(=O)Cl)cc(B(O)O)cc1OS(=O)(=O)F. The van der Waals surface area contributed by atoms with Crippen molar-refractivity contribution in [3.05, 3.63) is 23.3 Å². The Bertz CT molecular complexity index is 661. The van der Waals surface area contributed by atoms with Crippen LogP contribution in [0.2, 0.25) is 0 Å². The maximum absolute atomic E-state index is 12.5. The first kappa shape index (κ1) is 17.2. The molecule has 1 aromatic carbocycles. The topological polar surface area (TPSA) is 118 Å². The summed E-state index contributed by atoms with van der Waals surface area (Å²) in [6.45, 7) is 1.27. The average molecular weight is 347 g/mol. The first-order valence-electron chi connectivity index (χ1n) is 4.95. The van der Waals surface area contributed by atoms with Crippen LogP contribution in [0, 0.1) is 6.92 Å². The molecule has 0 fully saturated rings. The lowest BCUT2D eigenvalue weighted by atomic mass is 9.79. The highest BCUT2D eigenvalue weighted by Crippen LogP contribution is 2.24. The van der Waals surface area contributed by atoms with Gasteiger partial charge in [-0.05, 0) is 29.6 Å². The minimum absolute atomic E-state index is 0.0140. The molecule has 0 saturated heterocycles. The van der Waals surface area contributed by atoms with Crippen molar-refractivity contribution in [3.63, 3.8) is 0 Å². The summed E-state index contributed by atoms with van der Waals surface area (Å²) < 4.78 is 59.6.